The maximum absolute atomic E-state index is 12.2. The summed E-state index contributed by atoms with van der Waals surface area (Å²) in [6.45, 7) is 4.00. The van der Waals surface area contributed by atoms with Crippen LogP contribution in [0.5, 0.6) is 0 Å². The van der Waals surface area contributed by atoms with Crippen molar-refractivity contribution in [3.63, 3.8) is 0 Å². The second-order valence-corrected chi connectivity index (χ2v) is 9.35. The maximum Gasteiger partial charge on any atom is 1.00 e. The third-order valence-electron chi connectivity index (χ3n) is 4.89. The Morgan fingerprint density at radius 1 is 0.839 bits per heavy atom. The molecule has 3 aromatic carbocycles. The normalized spacial score (nSPS) is 13.6. The van der Waals surface area contributed by atoms with Gasteiger partial charge in [0.1, 0.15) is 20.2 Å². The fourth-order valence-electron chi connectivity index (χ4n) is 3.72. The summed E-state index contributed by atoms with van der Waals surface area (Å²) in [6, 6.07) is 14.5. The first-order valence-corrected chi connectivity index (χ1v) is 11.4. The number of rotatable bonds is 3. The van der Waals surface area contributed by atoms with Gasteiger partial charge in [-0.1, -0.05) is 61.2 Å². The second-order valence-electron chi connectivity index (χ2n) is 6.68. The fourth-order valence-corrected chi connectivity index (χ4v) is 5.70. The molecule has 6 nitrogen and oxygen atoms in total. The van der Waals surface area contributed by atoms with Gasteiger partial charge in [0.05, 0.1) is 9.79 Å². The van der Waals surface area contributed by atoms with Crippen LogP contribution in [0.4, 0.5) is 0 Å². The van der Waals surface area contributed by atoms with Crippen LogP contribution in [0.2, 0.25) is 0 Å². The zero-order valence-electron chi connectivity index (χ0n) is 17.0. The van der Waals surface area contributed by atoms with Gasteiger partial charge in [-0.25, -0.2) is 16.8 Å². The topological polar surface area (TPSA) is 114 Å². The summed E-state index contributed by atoms with van der Waals surface area (Å²) in [4.78, 5) is -2.08. The largest absolute Gasteiger partial charge is 1.00 e. The van der Waals surface area contributed by atoms with Gasteiger partial charge in [0.15, 0.2) is 0 Å². The van der Waals surface area contributed by atoms with Crippen LogP contribution in [0.1, 0.15) is 12.0 Å². The quantitative estimate of drug-likeness (QED) is 0.281. The van der Waals surface area contributed by atoms with E-state index in [-0.39, 0.29) is 64.7 Å². The molecular formula is C21H14Na2O6S2. The van der Waals surface area contributed by atoms with Crippen LogP contribution in [0, 0.1) is 0 Å². The van der Waals surface area contributed by atoms with Gasteiger partial charge in [-0.2, -0.15) is 0 Å². The van der Waals surface area contributed by atoms with Crippen molar-refractivity contribution < 1.29 is 85.1 Å². The Morgan fingerprint density at radius 2 is 1.45 bits per heavy atom. The van der Waals surface area contributed by atoms with E-state index < -0.39 is 30.0 Å². The Bertz CT molecular complexity index is 1540. The van der Waals surface area contributed by atoms with Crippen molar-refractivity contribution in [3.8, 4) is 0 Å². The first kappa shape index (κ1) is 26.5. The summed E-state index contributed by atoms with van der Waals surface area (Å²) in [5.41, 5.74) is 0.761. The van der Waals surface area contributed by atoms with Crippen molar-refractivity contribution in [3.05, 3.63) is 82.8 Å². The Morgan fingerprint density at radius 3 is 2.10 bits per heavy atom. The molecule has 0 radical (unpaired) electrons. The van der Waals surface area contributed by atoms with Gasteiger partial charge in [-0.3, -0.25) is 0 Å². The molecule has 0 amide bonds. The molecule has 0 heterocycles. The predicted octanol–water partition coefficient (Wildman–Crippen LogP) is -4.40. The number of hydrogen-bond acceptors (Lipinski definition) is 6. The number of fused-ring (bicyclic) bond motifs is 2. The minimum absolute atomic E-state index is 0. The van der Waals surface area contributed by atoms with Gasteiger partial charge in [0, 0.05) is 5.56 Å². The third kappa shape index (κ3) is 4.94. The second kappa shape index (κ2) is 9.61. The van der Waals surface area contributed by atoms with E-state index in [4.69, 9.17) is 0 Å². The molecule has 1 aliphatic carbocycles. The van der Waals surface area contributed by atoms with Crippen LogP contribution >= 0.6 is 0 Å². The summed E-state index contributed by atoms with van der Waals surface area (Å²) in [7, 11) is -10.6. The number of allylic oxidation sites excluding steroid dienone is 1. The molecule has 0 bridgehead atoms. The van der Waals surface area contributed by atoms with Crippen LogP contribution in [0.25, 0.3) is 22.4 Å². The Balaban J connectivity index is 0.00000171. The van der Waals surface area contributed by atoms with E-state index in [1.54, 1.807) is 36.4 Å². The molecule has 31 heavy (non-hydrogen) atoms. The summed E-state index contributed by atoms with van der Waals surface area (Å²) >= 11 is 0. The monoisotopic (exact) mass is 472 g/mol. The molecule has 10 heteroatoms. The average Bonchev–Trinajstić information content (AvgIpc) is 2.65. The number of benzene rings is 3. The predicted molar refractivity (Wildman–Crippen MR) is 106 cm³/mol. The van der Waals surface area contributed by atoms with E-state index in [1.165, 1.54) is 0 Å². The molecule has 1 aliphatic rings. The zero-order valence-corrected chi connectivity index (χ0v) is 22.6. The zero-order chi connectivity index (χ0) is 21.0. The van der Waals surface area contributed by atoms with Crippen LogP contribution in [-0.4, -0.2) is 25.9 Å². The summed E-state index contributed by atoms with van der Waals surface area (Å²) in [5.74, 6) is 0. The molecule has 0 aromatic heterocycles. The van der Waals surface area contributed by atoms with Crippen molar-refractivity contribution in [2.45, 2.75) is 16.2 Å². The summed E-state index contributed by atoms with van der Waals surface area (Å²) in [5, 5.41) is 2.08. The molecular weight excluding hydrogens is 458 g/mol. The van der Waals surface area contributed by atoms with Gasteiger partial charge in [-0.05, 0) is 44.8 Å². The van der Waals surface area contributed by atoms with E-state index in [2.05, 4.69) is 6.58 Å². The van der Waals surface area contributed by atoms with Crippen LogP contribution in [0.3, 0.4) is 0 Å². The van der Waals surface area contributed by atoms with E-state index in [9.17, 15) is 25.9 Å². The molecule has 148 valence electrons. The van der Waals surface area contributed by atoms with E-state index in [0.29, 0.717) is 33.6 Å². The molecule has 0 saturated heterocycles. The molecule has 4 rings (SSSR count). The molecule has 0 unspecified atom stereocenters. The Kier molecular flexibility index (Phi) is 8.20. The molecule has 0 saturated carbocycles. The first-order chi connectivity index (χ1) is 13.6. The van der Waals surface area contributed by atoms with Gasteiger partial charge < -0.3 is 9.11 Å². The van der Waals surface area contributed by atoms with Crippen molar-refractivity contribution >= 4 is 42.7 Å². The van der Waals surface area contributed by atoms with Crippen molar-refractivity contribution in [2.24, 2.45) is 0 Å². The molecule has 0 aliphatic heterocycles. The van der Waals surface area contributed by atoms with Crippen molar-refractivity contribution in [1.82, 2.24) is 0 Å². The minimum atomic E-state index is -5.32. The molecule has 3 aromatic rings. The van der Waals surface area contributed by atoms with Crippen LogP contribution < -0.4 is 69.6 Å². The summed E-state index contributed by atoms with van der Waals surface area (Å²) in [6.07, 6.45) is 2.29. The SMILES string of the molecule is C=C1CC=c2ccccc2=C1c1c(S(=O)(=O)[O-])c(S(=O)(=O)[O-])cc2ccccc12.[Na+].[Na+]. The van der Waals surface area contributed by atoms with Crippen molar-refractivity contribution in [2.75, 3.05) is 0 Å². The van der Waals surface area contributed by atoms with Gasteiger partial charge in [0.2, 0.25) is 0 Å². The van der Waals surface area contributed by atoms with Crippen LogP contribution in [-0.2, 0) is 20.2 Å². The number of hydrogen-bond donors (Lipinski definition) is 0. The minimum Gasteiger partial charge on any atom is -0.744 e. The maximum atomic E-state index is 12.2. The van der Waals surface area contributed by atoms with Gasteiger partial charge in [-0.15, -0.1) is 0 Å². The average molecular weight is 472 g/mol. The smallest absolute Gasteiger partial charge is 0.744 e. The molecule has 0 atom stereocenters. The van der Waals surface area contributed by atoms with E-state index >= 15 is 0 Å². The standard InChI is InChI=1S/C21H16O6S2.2Na/c1-13-10-11-14-6-2-4-8-16(14)19(13)20-17-9-5-3-7-15(17)12-18(28(22,23)24)21(20)29(25,26)27;;/h2-9,11-12H,1,10H2,(H,22,23,24)(H,25,26,27);;/q;2*+1/p-2. The van der Waals surface area contributed by atoms with Gasteiger partial charge >= 0.3 is 59.1 Å². The van der Waals surface area contributed by atoms with E-state index in [1.807, 2.05) is 18.2 Å². The van der Waals surface area contributed by atoms with Gasteiger partial charge in [0.25, 0.3) is 0 Å². The summed E-state index contributed by atoms with van der Waals surface area (Å²) < 4.78 is 72.4. The Labute approximate surface area is 224 Å². The molecule has 0 spiro atoms. The molecule has 0 N–H and O–H groups in total. The fraction of sp³-hybridized carbons (Fsp3) is 0.0476. The van der Waals surface area contributed by atoms with Crippen molar-refractivity contribution in [1.29, 1.82) is 0 Å². The third-order valence-corrected chi connectivity index (χ3v) is 6.80. The van der Waals surface area contributed by atoms with Crippen LogP contribution in [0.15, 0.2) is 76.5 Å². The first-order valence-electron chi connectivity index (χ1n) is 8.54. The molecule has 0 fully saturated rings. The van der Waals surface area contributed by atoms with E-state index in [0.717, 1.165) is 11.3 Å². The Hall–Kier alpha value is -0.780.